The Morgan fingerprint density at radius 1 is 1.33 bits per heavy atom. The fourth-order valence-corrected chi connectivity index (χ4v) is 2.81. The monoisotopic (exact) mass is 281 g/mol. The molecule has 4 nitrogen and oxygen atoms in total. The van der Waals surface area contributed by atoms with Gasteiger partial charge in [-0.15, -0.1) is 0 Å². The van der Waals surface area contributed by atoms with Crippen molar-refractivity contribution in [1.82, 2.24) is 9.88 Å². The molecule has 2 N–H and O–H groups in total. The number of carbonyl (C=O) groups excluding carboxylic acids is 1. The fraction of sp³-hybridized carbons (Fsp3) is 0.294. The van der Waals surface area contributed by atoms with Crippen LogP contribution in [0.4, 0.5) is 5.69 Å². The maximum Gasteiger partial charge on any atom is 0.228 e. The molecule has 21 heavy (non-hydrogen) atoms. The molecule has 0 radical (unpaired) electrons. The molecule has 0 bridgehead atoms. The smallest absolute Gasteiger partial charge is 0.228 e. The summed E-state index contributed by atoms with van der Waals surface area (Å²) in [5.74, 6) is 0.130. The maximum absolute atomic E-state index is 12.5. The Morgan fingerprint density at radius 2 is 2.19 bits per heavy atom. The molecule has 0 aliphatic carbocycles. The number of anilines is 1. The van der Waals surface area contributed by atoms with Gasteiger partial charge >= 0.3 is 0 Å². The van der Waals surface area contributed by atoms with Gasteiger partial charge in [0.1, 0.15) is 0 Å². The lowest BCUT2D eigenvalue weighted by molar-refractivity contribution is -0.131. The summed E-state index contributed by atoms with van der Waals surface area (Å²) in [5.41, 5.74) is 11.1. The zero-order chi connectivity index (χ0) is 14.8. The van der Waals surface area contributed by atoms with Crippen LogP contribution in [-0.4, -0.2) is 22.3 Å². The topological polar surface area (TPSA) is 59.2 Å². The molecule has 1 amide bonds. The van der Waals surface area contributed by atoms with Gasteiger partial charge in [-0.3, -0.25) is 9.78 Å². The predicted octanol–water partition coefficient (Wildman–Crippen LogP) is 2.10. The molecule has 0 unspecified atom stereocenters. The van der Waals surface area contributed by atoms with Crippen molar-refractivity contribution < 1.29 is 4.79 Å². The van der Waals surface area contributed by atoms with Gasteiger partial charge in [-0.05, 0) is 42.2 Å². The summed E-state index contributed by atoms with van der Waals surface area (Å²) in [6.45, 7) is 3.36. The van der Waals surface area contributed by atoms with Crippen LogP contribution in [0.5, 0.6) is 0 Å². The van der Waals surface area contributed by atoms with Crippen molar-refractivity contribution >= 4 is 11.6 Å². The third kappa shape index (κ3) is 2.75. The summed E-state index contributed by atoms with van der Waals surface area (Å²) in [6, 6.07) is 9.81. The molecule has 0 saturated carbocycles. The first-order valence-electron chi connectivity index (χ1n) is 7.19. The molecule has 108 valence electrons. The van der Waals surface area contributed by atoms with Crippen LogP contribution in [0, 0.1) is 6.92 Å². The van der Waals surface area contributed by atoms with Gasteiger partial charge < -0.3 is 10.6 Å². The van der Waals surface area contributed by atoms with Gasteiger partial charge in [-0.1, -0.05) is 18.2 Å². The standard InChI is InChI=1S/C17H19N3O/c1-12-4-3-8-19-16(12)10-17(21)20-9-7-14-13(11-20)5-2-6-15(14)18/h2-6,8H,7,9-11,18H2,1H3. The van der Waals surface area contributed by atoms with E-state index in [1.165, 1.54) is 5.56 Å². The van der Waals surface area contributed by atoms with E-state index in [4.69, 9.17) is 5.73 Å². The summed E-state index contributed by atoms with van der Waals surface area (Å²) in [7, 11) is 0. The highest BCUT2D eigenvalue weighted by molar-refractivity contribution is 5.79. The molecule has 1 aromatic heterocycles. The Hall–Kier alpha value is -2.36. The summed E-state index contributed by atoms with van der Waals surface area (Å²) in [5, 5.41) is 0. The van der Waals surface area contributed by atoms with Crippen molar-refractivity contribution in [3.05, 3.63) is 58.9 Å². The minimum Gasteiger partial charge on any atom is -0.398 e. The second-order valence-electron chi connectivity index (χ2n) is 5.49. The molecule has 0 saturated heterocycles. The lowest BCUT2D eigenvalue weighted by Crippen LogP contribution is -2.37. The number of nitrogens with zero attached hydrogens (tertiary/aromatic N) is 2. The van der Waals surface area contributed by atoms with Gasteiger partial charge in [0, 0.05) is 25.0 Å². The second kappa shape index (κ2) is 5.56. The van der Waals surface area contributed by atoms with Crippen LogP contribution in [0.3, 0.4) is 0 Å². The van der Waals surface area contributed by atoms with Gasteiger partial charge in [0.25, 0.3) is 0 Å². The molecule has 0 atom stereocenters. The number of benzene rings is 1. The first-order chi connectivity index (χ1) is 10.1. The Kier molecular flexibility index (Phi) is 3.60. The highest BCUT2D eigenvalue weighted by Crippen LogP contribution is 2.24. The quantitative estimate of drug-likeness (QED) is 0.858. The summed E-state index contributed by atoms with van der Waals surface area (Å²) < 4.78 is 0. The van der Waals surface area contributed by atoms with Crippen LogP contribution >= 0.6 is 0 Å². The number of hydrogen-bond acceptors (Lipinski definition) is 3. The van der Waals surface area contributed by atoms with Crippen molar-refractivity contribution in [3.8, 4) is 0 Å². The van der Waals surface area contributed by atoms with E-state index >= 15 is 0 Å². The first-order valence-corrected chi connectivity index (χ1v) is 7.19. The van der Waals surface area contributed by atoms with E-state index in [1.54, 1.807) is 6.20 Å². The number of amides is 1. The molecular weight excluding hydrogens is 262 g/mol. The SMILES string of the molecule is Cc1cccnc1CC(=O)N1CCc2c(N)cccc2C1. The van der Waals surface area contributed by atoms with E-state index in [2.05, 4.69) is 11.1 Å². The van der Waals surface area contributed by atoms with Gasteiger partial charge in [-0.25, -0.2) is 0 Å². The highest BCUT2D eigenvalue weighted by Gasteiger charge is 2.22. The Bertz CT molecular complexity index is 681. The Morgan fingerprint density at radius 3 is 3.00 bits per heavy atom. The molecule has 3 rings (SSSR count). The van der Waals surface area contributed by atoms with E-state index < -0.39 is 0 Å². The number of aryl methyl sites for hydroxylation is 1. The third-order valence-electron chi connectivity index (χ3n) is 4.09. The van der Waals surface area contributed by atoms with E-state index in [0.717, 1.165) is 35.5 Å². The maximum atomic E-state index is 12.5. The van der Waals surface area contributed by atoms with Crippen LogP contribution in [0.25, 0.3) is 0 Å². The van der Waals surface area contributed by atoms with Crippen LogP contribution in [-0.2, 0) is 24.2 Å². The molecule has 1 aromatic carbocycles. The predicted molar refractivity (Wildman–Crippen MR) is 82.7 cm³/mol. The highest BCUT2D eigenvalue weighted by atomic mass is 16.2. The second-order valence-corrected chi connectivity index (χ2v) is 5.49. The molecule has 0 spiro atoms. The number of aromatic nitrogens is 1. The number of nitrogen functional groups attached to an aromatic ring is 1. The lowest BCUT2D eigenvalue weighted by Gasteiger charge is -2.29. The van der Waals surface area contributed by atoms with Crippen molar-refractivity contribution in [2.75, 3.05) is 12.3 Å². The first kappa shape index (κ1) is 13.6. The minimum absolute atomic E-state index is 0.130. The molecule has 1 aliphatic heterocycles. The normalized spacial score (nSPS) is 13.9. The molecule has 0 fully saturated rings. The third-order valence-corrected chi connectivity index (χ3v) is 4.09. The van der Waals surface area contributed by atoms with Crippen molar-refractivity contribution in [2.45, 2.75) is 26.3 Å². The van der Waals surface area contributed by atoms with Crippen LogP contribution in [0.1, 0.15) is 22.4 Å². The average molecular weight is 281 g/mol. The fourth-order valence-electron chi connectivity index (χ4n) is 2.81. The minimum atomic E-state index is 0.130. The Balaban J connectivity index is 1.74. The Labute approximate surface area is 124 Å². The van der Waals surface area contributed by atoms with Crippen molar-refractivity contribution in [3.63, 3.8) is 0 Å². The van der Waals surface area contributed by atoms with Gasteiger partial charge in [0.05, 0.1) is 12.1 Å². The van der Waals surface area contributed by atoms with Gasteiger partial charge in [0.2, 0.25) is 5.91 Å². The van der Waals surface area contributed by atoms with Crippen LogP contribution < -0.4 is 5.73 Å². The number of hydrogen-bond donors (Lipinski definition) is 1. The van der Waals surface area contributed by atoms with Crippen molar-refractivity contribution in [1.29, 1.82) is 0 Å². The van der Waals surface area contributed by atoms with Crippen LogP contribution in [0.2, 0.25) is 0 Å². The summed E-state index contributed by atoms with van der Waals surface area (Å²) in [4.78, 5) is 18.7. The van der Waals surface area contributed by atoms with Crippen LogP contribution in [0.15, 0.2) is 36.5 Å². The number of nitrogens with two attached hydrogens (primary N) is 1. The largest absolute Gasteiger partial charge is 0.398 e. The van der Waals surface area contributed by atoms with Gasteiger partial charge in [0.15, 0.2) is 0 Å². The zero-order valence-corrected chi connectivity index (χ0v) is 12.2. The molecule has 4 heteroatoms. The van der Waals surface area contributed by atoms with E-state index in [-0.39, 0.29) is 5.91 Å². The van der Waals surface area contributed by atoms with Gasteiger partial charge in [-0.2, -0.15) is 0 Å². The number of fused-ring (bicyclic) bond motifs is 1. The van der Waals surface area contributed by atoms with Crippen molar-refractivity contribution in [2.24, 2.45) is 0 Å². The summed E-state index contributed by atoms with van der Waals surface area (Å²) >= 11 is 0. The zero-order valence-electron chi connectivity index (χ0n) is 12.2. The van der Waals surface area contributed by atoms with E-state index in [0.29, 0.717) is 13.0 Å². The molecule has 2 heterocycles. The number of rotatable bonds is 2. The number of carbonyl (C=O) groups is 1. The molecular formula is C17H19N3O. The van der Waals surface area contributed by atoms with E-state index in [1.807, 2.05) is 36.1 Å². The van der Waals surface area contributed by atoms with E-state index in [9.17, 15) is 4.79 Å². The molecule has 1 aliphatic rings. The lowest BCUT2D eigenvalue weighted by atomic mass is 9.97. The molecule has 2 aromatic rings. The average Bonchev–Trinajstić information content (AvgIpc) is 2.49. The number of pyridine rings is 1. The summed E-state index contributed by atoms with van der Waals surface area (Å²) in [6.07, 6.45) is 2.93.